The van der Waals surface area contributed by atoms with Crippen molar-refractivity contribution < 1.29 is 19.1 Å². The van der Waals surface area contributed by atoms with Crippen LogP contribution in [0.25, 0.3) is 0 Å². The number of benzene rings is 1. The Morgan fingerprint density at radius 1 is 1.35 bits per heavy atom. The average molecular weight is 383 g/mol. The van der Waals surface area contributed by atoms with Crippen LogP contribution in [0.3, 0.4) is 0 Å². The van der Waals surface area contributed by atoms with Crippen LogP contribution in [-0.4, -0.2) is 41.9 Å². The highest BCUT2D eigenvalue weighted by atomic mass is 35.5. The molecule has 2 aliphatic rings. The molecule has 1 aromatic carbocycles. The smallest absolute Gasteiger partial charge is 0.325 e. The molecule has 0 atom stereocenters. The average Bonchev–Trinajstić information content (AvgIpc) is 3.14. The zero-order valence-electron chi connectivity index (χ0n) is 14.5. The second kappa shape index (κ2) is 7.82. The van der Waals surface area contributed by atoms with Crippen molar-refractivity contribution in [3.8, 4) is 5.75 Å². The lowest BCUT2D eigenvalue weighted by Gasteiger charge is -2.20. The summed E-state index contributed by atoms with van der Waals surface area (Å²) in [6, 6.07) is 4.53. The number of anilines is 2. The summed E-state index contributed by atoms with van der Waals surface area (Å²) in [6.07, 6.45) is 3.19. The topological polar surface area (TPSA) is 114 Å². The fraction of sp³-hybridized carbons (Fsp3) is 0.471. The Morgan fingerprint density at radius 2 is 2.04 bits per heavy atom. The molecule has 0 unspecified atom stereocenters. The lowest BCUT2D eigenvalue weighted by molar-refractivity contribution is -0.131. The number of nitrogen functional groups attached to an aromatic ring is 1. The first-order chi connectivity index (χ1) is 11.9. The van der Waals surface area contributed by atoms with E-state index in [-0.39, 0.29) is 37.2 Å². The summed E-state index contributed by atoms with van der Waals surface area (Å²) in [6.45, 7) is 0.0438. The summed E-state index contributed by atoms with van der Waals surface area (Å²) < 4.78 is 5.10. The number of hydrogen-bond donors (Lipinski definition) is 3. The van der Waals surface area contributed by atoms with Crippen LogP contribution in [0.4, 0.5) is 16.2 Å². The molecule has 4 amide bonds. The van der Waals surface area contributed by atoms with E-state index >= 15 is 0 Å². The molecule has 4 N–H and O–H groups in total. The molecular formula is C17H23ClN4O4. The zero-order chi connectivity index (χ0) is 18.0. The van der Waals surface area contributed by atoms with Gasteiger partial charge in [0.15, 0.2) is 0 Å². The molecule has 0 radical (unpaired) electrons. The Labute approximate surface area is 157 Å². The van der Waals surface area contributed by atoms with Gasteiger partial charge in [-0.25, -0.2) is 4.79 Å². The summed E-state index contributed by atoms with van der Waals surface area (Å²) in [7, 11) is 1.52. The highest BCUT2D eigenvalue weighted by Crippen LogP contribution is 2.35. The molecule has 9 heteroatoms. The van der Waals surface area contributed by atoms with Crippen molar-refractivity contribution in [1.29, 1.82) is 0 Å². The SMILES string of the molecule is COc1ccc(N)c(NC(=O)CCN2C(=O)NC3(CCCC3)C2=O)c1.Cl. The molecule has 1 saturated carbocycles. The molecule has 1 aromatic rings. The predicted octanol–water partition coefficient (Wildman–Crippen LogP) is 1.89. The number of halogens is 1. The first-order valence-corrected chi connectivity index (χ1v) is 8.33. The van der Waals surface area contributed by atoms with E-state index in [1.165, 1.54) is 7.11 Å². The van der Waals surface area contributed by atoms with Crippen LogP contribution in [0.2, 0.25) is 0 Å². The minimum absolute atomic E-state index is 0. The van der Waals surface area contributed by atoms with Crippen molar-refractivity contribution in [2.75, 3.05) is 24.7 Å². The molecule has 1 aliphatic heterocycles. The summed E-state index contributed by atoms with van der Waals surface area (Å²) >= 11 is 0. The Hall–Kier alpha value is -2.48. The van der Waals surface area contributed by atoms with Gasteiger partial charge in [-0.2, -0.15) is 0 Å². The highest BCUT2D eigenvalue weighted by molar-refractivity contribution is 6.07. The normalized spacial score (nSPS) is 17.8. The van der Waals surface area contributed by atoms with Gasteiger partial charge in [0, 0.05) is 19.0 Å². The zero-order valence-corrected chi connectivity index (χ0v) is 15.4. The monoisotopic (exact) mass is 382 g/mol. The molecule has 26 heavy (non-hydrogen) atoms. The Morgan fingerprint density at radius 3 is 2.69 bits per heavy atom. The van der Waals surface area contributed by atoms with Gasteiger partial charge in [-0.15, -0.1) is 12.4 Å². The van der Waals surface area contributed by atoms with Crippen LogP contribution in [0.15, 0.2) is 18.2 Å². The highest BCUT2D eigenvalue weighted by Gasteiger charge is 2.52. The number of rotatable bonds is 5. The number of nitrogens with two attached hydrogens (primary N) is 1. The number of amides is 4. The molecule has 2 fully saturated rings. The number of imide groups is 1. The number of carbonyl (C=O) groups is 3. The van der Waals surface area contributed by atoms with E-state index in [1.54, 1.807) is 18.2 Å². The van der Waals surface area contributed by atoms with Crippen molar-refractivity contribution in [3.05, 3.63) is 18.2 Å². The Kier molecular flexibility index (Phi) is 5.97. The first-order valence-electron chi connectivity index (χ1n) is 8.33. The number of carbonyl (C=O) groups excluding carboxylic acids is 3. The van der Waals surface area contributed by atoms with Crippen LogP contribution in [0, 0.1) is 0 Å². The third-order valence-corrected chi connectivity index (χ3v) is 4.80. The second-order valence-electron chi connectivity index (χ2n) is 6.43. The van der Waals surface area contributed by atoms with E-state index in [1.807, 2.05) is 0 Å². The van der Waals surface area contributed by atoms with Crippen LogP contribution >= 0.6 is 12.4 Å². The van der Waals surface area contributed by atoms with Crippen molar-refractivity contribution in [2.24, 2.45) is 0 Å². The van der Waals surface area contributed by atoms with E-state index in [0.29, 0.717) is 30.0 Å². The van der Waals surface area contributed by atoms with Gasteiger partial charge in [-0.1, -0.05) is 12.8 Å². The first kappa shape index (κ1) is 19.8. The van der Waals surface area contributed by atoms with Crippen molar-refractivity contribution in [2.45, 2.75) is 37.6 Å². The molecule has 1 saturated heterocycles. The minimum Gasteiger partial charge on any atom is -0.497 e. The molecule has 142 valence electrons. The number of nitrogens with one attached hydrogen (secondary N) is 2. The second-order valence-corrected chi connectivity index (χ2v) is 6.43. The van der Waals surface area contributed by atoms with Crippen LogP contribution in [-0.2, 0) is 9.59 Å². The van der Waals surface area contributed by atoms with Gasteiger partial charge in [0.05, 0.1) is 18.5 Å². The minimum atomic E-state index is -0.745. The fourth-order valence-electron chi connectivity index (χ4n) is 3.39. The Balaban J connectivity index is 0.00000243. The van der Waals surface area contributed by atoms with Crippen molar-refractivity contribution >= 4 is 41.6 Å². The number of methoxy groups -OCH3 is 1. The molecule has 0 bridgehead atoms. The van der Waals surface area contributed by atoms with Crippen LogP contribution < -0.4 is 21.1 Å². The largest absolute Gasteiger partial charge is 0.497 e. The van der Waals surface area contributed by atoms with Gasteiger partial charge in [0.25, 0.3) is 5.91 Å². The number of nitrogens with zero attached hydrogens (tertiary/aromatic N) is 1. The maximum atomic E-state index is 12.5. The maximum absolute atomic E-state index is 12.5. The van der Waals surface area contributed by atoms with E-state index in [2.05, 4.69) is 10.6 Å². The van der Waals surface area contributed by atoms with Crippen LogP contribution in [0.5, 0.6) is 5.75 Å². The summed E-state index contributed by atoms with van der Waals surface area (Å²) in [4.78, 5) is 37.9. The van der Waals surface area contributed by atoms with Gasteiger partial charge < -0.3 is 21.1 Å². The summed E-state index contributed by atoms with van der Waals surface area (Å²) in [5.41, 5.74) is 5.94. The van der Waals surface area contributed by atoms with Gasteiger partial charge in [0.2, 0.25) is 5.91 Å². The van der Waals surface area contributed by atoms with Crippen LogP contribution in [0.1, 0.15) is 32.1 Å². The lowest BCUT2D eigenvalue weighted by atomic mass is 9.98. The number of ether oxygens (including phenoxy) is 1. The van der Waals surface area contributed by atoms with Gasteiger partial charge >= 0.3 is 6.03 Å². The molecule has 8 nitrogen and oxygen atoms in total. The molecule has 0 aromatic heterocycles. The lowest BCUT2D eigenvalue weighted by Crippen LogP contribution is -2.44. The maximum Gasteiger partial charge on any atom is 0.325 e. The van der Waals surface area contributed by atoms with E-state index in [0.717, 1.165) is 17.7 Å². The summed E-state index contributed by atoms with van der Waals surface area (Å²) in [5, 5.41) is 5.48. The van der Waals surface area contributed by atoms with E-state index in [4.69, 9.17) is 10.5 Å². The van der Waals surface area contributed by atoms with Gasteiger partial charge in [-0.3, -0.25) is 14.5 Å². The number of hydrogen-bond acceptors (Lipinski definition) is 5. The third kappa shape index (κ3) is 3.70. The summed E-state index contributed by atoms with van der Waals surface area (Å²) in [5.74, 6) is 0.0263. The fourth-order valence-corrected chi connectivity index (χ4v) is 3.39. The molecule has 1 aliphatic carbocycles. The van der Waals surface area contributed by atoms with Gasteiger partial charge in [-0.05, 0) is 25.0 Å². The number of urea groups is 1. The third-order valence-electron chi connectivity index (χ3n) is 4.80. The van der Waals surface area contributed by atoms with Crippen molar-refractivity contribution in [3.63, 3.8) is 0 Å². The van der Waals surface area contributed by atoms with E-state index < -0.39 is 11.6 Å². The molecule has 3 rings (SSSR count). The Bertz CT molecular complexity index is 719. The predicted molar refractivity (Wildman–Crippen MR) is 99.3 cm³/mol. The standard InChI is InChI=1S/C17H22N4O4.ClH/c1-25-11-4-5-12(18)13(10-11)19-14(22)6-9-21-15(23)17(20-16(21)24)7-2-3-8-17;/h4-5,10H,2-3,6-9,18H2,1H3,(H,19,22)(H,20,24);1H. The van der Waals surface area contributed by atoms with Gasteiger partial charge in [0.1, 0.15) is 11.3 Å². The molecule has 1 heterocycles. The molecule has 1 spiro atoms. The quantitative estimate of drug-likeness (QED) is 0.531. The van der Waals surface area contributed by atoms with Crippen molar-refractivity contribution in [1.82, 2.24) is 10.2 Å². The van der Waals surface area contributed by atoms with E-state index in [9.17, 15) is 14.4 Å². The molecular weight excluding hydrogens is 360 g/mol.